The lowest BCUT2D eigenvalue weighted by Gasteiger charge is -2.31. The Labute approximate surface area is 164 Å². The van der Waals surface area contributed by atoms with Crippen LogP contribution in [-0.4, -0.2) is 41.4 Å². The highest BCUT2D eigenvalue weighted by Gasteiger charge is 2.27. The van der Waals surface area contributed by atoms with Crippen molar-refractivity contribution in [2.24, 2.45) is 5.92 Å². The second-order valence-corrected chi connectivity index (χ2v) is 7.08. The van der Waals surface area contributed by atoms with Gasteiger partial charge in [-0.05, 0) is 59.1 Å². The molecule has 0 bridgehead atoms. The number of nitrogens with zero attached hydrogens (tertiary/aromatic N) is 2. The highest BCUT2D eigenvalue weighted by Crippen LogP contribution is 2.26. The smallest absolute Gasteiger partial charge is 0.260 e. The molecule has 1 N–H and O–H groups in total. The number of pyridine rings is 1. The topological polar surface area (TPSA) is 71.5 Å². The van der Waals surface area contributed by atoms with Gasteiger partial charge < -0.3 is 15.0 Å². The highest BCUT2D eigenvalue weighted by atomic mass is 79.9. The van der Waals surface area contributed by atoms with Crippen LogP contribution in [0.3, 0.4) is 0 Å². The standard InChI is InChI=1S/C19H19BrFN3O3/c20-15-11-14(21)4-5-16(15)27-12-18(25)24-9-6-13(7-10-24)19(26)23-17-3-1-2-8-22-17/h1-5,8,11,13H,6-7,9-10,12H2,(H,22,23,26). The lowest BCUT2D eigenvalue weighted by atomic mass is 9.96. The van der Waals surface area contributed by atoms with Crippen LogP contribution in [0.15, 0.2) is 47.1 Å². The minimum absolute atomic E-state index is 0.0766. The second-order valence-electron chi connectivity index (χ2n) is 6.22. The number of halogens is 2. The van der Waals surface area contributed by atoms with E-state index in [4.69, 9.17) is 4.74 Å². The van der Waals surface area contributed by atoms with Crippen LogP contribution < -0.4 is 10.1 Å². The van der Waals surface area contributed by atoms with Gasteiger partial charge in [0.1, 0.15) is 17.4 Å². The molecule has 1 aromatic carbocycles. The number of aromatic nitrogens is 1. The Morgan fingerprint density at radius 2 is 2.04 bits per heavy atom. The number of hydrogen-bond acceptors (Lipinski definition) is 4. The molecule has 0 saturated carbocycles. The van der Waals surface area contributed by atoms with Gasteiger partial charge in [0.15, 0.2) is 6.61 Å². The van der Waals surface area contributed by atoms with E-state index >= 15 is 0 Å². The summed E-state index contributed by atoms with van der Waals surface area (Å²) in [6, 6.07) is 9.36. The Kier molecular flexibility index (Phi) is 6.39. The third kappa shape index (κ3) is 5.26. The van der Waals surface area contributed by atoms with E-state index in [2.05, 4.69) is 26.2 Å². The lowest BCUT2D eigenvalue weighted by molar-refractivity contribution is -0.136. The van der Waals surface area contributed by atoms with Crippen LogP contribution in [0.2, 0.25) is 0 Å². The van der Waals surface area contributed by atoms with E-state index in [1.54, 1.807) is 23.2 Å². The van der Waals surface area contributed by atoms with Gasteiger partial charge in [0.05, 0.1) is 4.47 Å². The zero-order valence-electron chi connectivity index (χ0n) is 14.5. The average Bonchev–Trinajstić information content (AvgIpc) is 2.68. The van der Waals surface area contributed by atoms with Crippen molar-refractivity contribution in [2.45, 2.75) is 12.8 Å². The zero-order valence-corrected chi connectivity index (χ0v) is 16.1. The van der Waals surface area contributed by atoms with Crippen molar-refractivity contribution >= 4 is 33.6 Å². The largest absolute Gasteiger partial charge is 0.483 e. The molecule has 8 heteroatoms. The molecule has 27 heavy (non-hydrogen) atoms. The maximum atomic E-state index is 13.1. The molecule has 1 fully saturated rings. The van der Waals surface area contributed by atoms with Gasteiger partial charge in [0.2, 0.25) is 5.91 Å². The average molecular weight is 436 g/mol. The molecule has 1 aliphatic heterocycles. The quantitative estimate of drug-likeness (QED) is 0.782. The summed E-state index contributed by atoms with van der Waals surface area (Å²) in [7, 11) is 0. The third-order valence-electron chi connectivity index (χ3n) is 4.38. The fourth-order valence-electron chi connectivity index (χ4n) is 2.88. The monoisotopic (exact) mass is 435 g/mol. The summed E-state index contributed by atoms with van der Waals surface area (Å²) in [5.74, 6) is 0.172. The van der Waals surface area contributed by atoms with Gasteiger partial charge in [0.25, 0.3) is 5.91 Å². The fourth-order valence-corrected chi connectivity index (χ4v) is 3.34. The number of likely N-dealkylation sites (tertiary alicyclic amines) is 1. The first-order valence-corrected chi connectivity index (χ1v) is 9.40. The van der Waals surface area contributed by atoms with Gasteiger partial charge in [-0.15, -0.1) is 0 Å². The van der Waals surface area contributed by atoms with Gasteiger partial charge in [0, 0.05) is 25.2 Å². The van der Waals surface area contributed by atoms with Crippen LogP contribution in [0.25, 0.3) is 0 Å². The molecule has 2 aromatic rings. The van der Waals surface area contributed by atoms with E-state index in [-0.39, 0.29) is 30.2 Å². The number of carbonyl (C=O) groups is 2. The summed E-state index contributed by atoms with van der Waals surface area (Å²) >= 11 is 3.20. The van der Waals surface area contributed by atoms with E-state index in [1.807, 2.05) is 6.07 Å². The molecule has 142 valence electrons. The van der Waals surface area contributed by atoms with E-state index in [0.29, 0.717) is 42.0 Å². The summed E-state index contributed by atoms with van der Waals surface area (Å²) in [5.41, 5.74) is 0. The second kappa shape index (κ2) is 8.94. The number of benzene rings is 1. The van der Waals surface area contributed by atoms with E-state index in [0.717, 1.165) is 0 Å². The molecule has 0 unspecified atom stereocenters. The van der Waals surface area contributed by atoms with Gasteiger partial charge >= 0.3 is 0 Å². The summed E-state index contributed by atoms with van der Waals surface area (Å²) < 4.78 is 19.0. The minimum Gasteiger partial charge on any atom is -0.483 e. The Morgan fingerprint density at radius 1 is 1.26 bits per heavy atom. The number of anilines is 1. The maximum Gasteiger partial charge on any atom is 0.260 e. The molecule has 1 saturated heterocycles. The molecule has 0 spiro atoms. The van der Waals surface area contributed by atoms with E-state index < -0.39 is 0 Å². The number of carbonyl (C=O) groups excluding carboxylic acids is 2. The molecule has 2 heterocycles. The van der Waals surface area contributed by atoms with Crippen LogP contribution in [0.4, 0.5) is 10.2 Å². The molecule has 1 aromatic heterocycles. The first-order valence-electron chi connectivity index (χ1n) is 8.60. The molecule has 0 aliphatic carbocycles. The summed E-state index contributed by atoms with van der Waals surface area (Å²) in [4.78, 5) is 30.4. The third-order valence-corrected chi connectivity index (χ3v) is 5.00. The molecular formula is C19H19BrFN3O3. The summed E-state index contributed by atoms with van der Waals surface area (Å²) in [6.07, 6.45) is 2.80. The van der Waals surface area contributed by atoms with E-state index in [9.17, 15) is 14.0 Å². The van der Waals surface area contributed by atoms with Crippen LogP contribution in [0, 0.1) is 11.7 Å². The summed E-state index contributed by atoms with van der Waals surface area (Å²) in [6.45, 7) is 0.856. The number of nitrogens with one attached hydrogen (secondary N) is 1. The number of rotatable bonds is 5. The van der Waals surface area contributed by atoms with Crippen molar-refractivity contribution < 1.29 is 18.7 Å². The number of piperidine rings is 1. The van der Waals surface area contributed by atoms with Crippen molar-refractivity contribution in [1.29, 1.82) is 0 Å². The van der Waals surface area contributed by atoms with Gasteiger partial charge in [-0.25, -0.2) is 9.37 Å². The van der Waals surface area contributed by atoms with Crippen molar-refractivity contribution in [3.63, 3.8) is 0 Å². The maximum absolute atomic E-state index is 13.1. The number of amides is 2. The molecule has 6 nitrogen and oxygen atoms in total. The van der Waals surface area contributed by atoms with Gasteiger partial charge in [-0.2, -0.15) is 0 Å². The molecule has 2 amide bonds. The normalized spacial score (nSPS) is 14.7. The van der Waals surface area contributed by atoms with Crippen LogP contribution in [0.1, 0.15) is 12.8 Å². The van der Waals surface area contributed by atoms with Crippen molar-refractivity contribution in [2.75, 3.05) is 25.0 Å². The number of ether oxygens (including phenoxy) is 1. The summed E-state index contributed by atoms with van der Waals surface area (Å²) in [5, 5.41) is 2.80. The number of hydrogen-bond donors (Lipinski definition) is 1. The fraction of sp³-hybridized carbons (Fsp3) is 0.316. The first kappa shape index (κ1) is 19.3. The Bertz CT molecular complexity index is 811. The first-order chi connectivity index (χ1) is 13.0. The Balaban J connectivity index is 1.45. The lowest BCUT2D eigenvalue weighted by Crippen LogP contribution is -2.43. The van der Waals surface area contributed by atoms with Crippen LogP contribution >= 0.6 is 15.9 Å². The van der Waals surface area contributed by atoms with E-state index in [1.165, 1.54) is 18.2 Å². The van der Waals surface area contributed by atoms with Gasteiger partial charge in [-0.3, -0.25) is 9.59 Å². The molecule has 0 radical (unpaired) electrons. The SMILES string of the molecule is O=C(Nc1ccccn1)C1CCN(C(=O)COc2ccc(F)cc2Br)CC1. The Morgan fingerprint density at radius 3 is 2.70 bits per heavy atom. The zero-order chi connectivity index (χ0) is 19.2. The Hall–Kier alpha value is -2.48. The van der Waals surface area contributed by atoms with Crippen molar-refractivity contribution in [3.05, 3.63) is 52.9 Å². The van der Waals surface area contributed by atoms with Crippen molar-refractivity contribution in [3.8, 4) is 5.75 Å². The van der Waals surface area contributed by atoms with Crippen LogP contribution in [0.5, 0.6) is 5.75 Å². The highest BCUT2D eigenvalue weighted by molar-refractivity contribution is 9.10. The van der Waals surface area contributed by atoms with Crippen LogP contribution in [-0.2, 0) is 9.59 Å². The predicted molar refractivity (Wildman–Crippen MR) is 102 cm³/mol. The van der Waals surface area contributed by atoms with Gasteiger partial charge in [-0.1, -0.05) is 6.07 Å². The molecule has 0 atom stereocenters. The predicted octanol–water partition coefficient (Wildman–Crippen LogP) is 3.24. The minimum atomic E-state index is -0.383. The van der Waals surface area contributed by atoms with Crippen molar-refractivity contribution in [1.82, 2.24) is 9.88 Å². The molecular weight excluding hydrogens is 417 g/mol. The molecule has 1 aliphatic rings. The molecule has 3 rings (SSSR count).